The molecular formula is C18H22N2O2. The second kappa shape index (κ2) is 5.59. The van der Waals surface area contributed by atoms with Crippen molar-refractivity contribution < 1.29 is 4.79 Å². The predicted molar refractivity (Wildman–Crippen MR) is 87.7 cm³/mol. The Labute approximate surface area is 129 Å². The summed E-state index contributed by atoms with van der Waals surface area (Å²) in [7, 11) is 0. The number of H-pyrrole nitrogens is 1. The van der Waals surface area contributed by atoms with Crippen molar-refractivity contribution in [1.29, 1.82) is 0 Å². The second-order valence-electron chi connectivity index (χ2n) is 6.44. The van der Waals surface area contributed by atoms with Crippen LogP contribution >= 0.6 is 0 Å². The van der Waals surface area contributed by atoms with Crippen molar-refractivity contribution in [2.24, 2.45) is 11.1 Å². The van der Waals surface area contributed by atoms with Crippen LogP contribution < -0.4 is 11.3 Å². The Morgan fingerprint density at radius 2 is 1.91 bits per heavy atom. The van der Waals surface area contributed by atoms with E-state index < -0.39 is 5.41 Å². The molecule has 0 aliphatic heterocycles. The number of aromatic amines is 1. The van der Waals surface area contributed by atoms with Crippen molar-refractivity contribution in [1.82, 2.24) is 4.98 Å². The zero-order chi connectivity index (χ0) is 15.7. The summed E-state index contributed by atoms with van der Waals surface area (Å²) in [6, 6.07) is 9.61. The minimum absolute atomic E-state index is 0.114. The normalized spacial score (nSPS) is 19.0. The number of fused-ring (bicyclic) bond motifs is 1. The molecule has 1 unspecified atom stereocenters. The summed E-state index contributed by atoms with van der Waals surface area (Å²) in [5, 5.41) is 0.986. The van der Waals surface area contributed by atoms with Crippen molar-refractivity contribution in [3.8, 4) is 0 Å². The van der Waals surface area contributed by atoms with Gasteiger partial charge >= 0.3 is 0 Å². The first kappa shape index (κ1) is 14.8. The Morgan fingerprint density at radius 3 is 2.59 bits per heavy atom. The molecule has 1 aliphatic carbocycles. The summed E-state index contributed by atoms with van der Waals surface area (Å²) >= 11 is 0. The van der Waals surface area contributed by atoms with Crippen LogP contribution in [0, 0.1) is 5.41 Å². The summed E-state index contributed by atoms with van der Waals surface area (Å²) in [5.41, 5.74) is 6.53. The van der Waals surface area contributed by atoms with Gasteiger partial charge in [-0.15, -0.1) is 0 Å². The van der Waals surface area contributed by atoms with E-state index in [1.807, 2.05) is 37.3 Å². The summed E-state index contributed by atoms with van der Waals surface area (Å²) in [5.74, 6) is -0.439. The van der Waals surface area contributed by atoms with Gasteiger partial charge in [0.15, 0.2) is 0 Å². The van der Waals surface area contributed by atoms with Crippen LogP contribution in [0.3, 0.4) is 0 Å². The van der Waals surface area contributed by atoms with E-state index in [9.17, 15) is 9.59 Å². The lowest BCUT2D eigenvalue weighted by Crippen LogP contribution is -2.44. The molecule has 1 fully saturated rings. The predicted octanol–water partition coefficient (Wildman–Crippen LogP) is 3.07. The number of aromatic nitrogens is 1. The molecule has 1 saturated carbocycles. The quantitative estimate of drug-likeness (QED) is 0.913. The first-order chi connectivity index (χ1) is 10.5. The number of carbonyl (C=O) groups excluding carboxylic acids is 1. The van der Waals surface area contributed by atoms with E-state index in [0.717, 1.165) is 43.0 Å². The van der Waals surface area contributed by atoms with E-state index >= 15 is 0 Å². The highest BCUT2D eigenvalue weighted by atomic mass is 16.1. The van der Waals surface area contributed by atoms with Gasteiger partial charge in [-0.25, -0.2) is 0 Å². The van der Waals surface area contributed by atoms with Gasteiger partial charge in [0.1, 0.15) is 0 Å². The molecule has 0 spiro atoms. The minimum Gasteiger partial charge on any atom is -0.369 e. The zero-order valence-corrected chi connectivity index (χ0v) is 12.9. The molecule has 0 bridgehead atoms. The van der Waals surface area contributed by atoms with E-state index in [2.05, 4.69) is 4.98 Å². The smallest absolute Gasteiger partial charge is 0.251 e. The molecule has 1 aromatic carbocycles. The third-order valence-electron chi connectivity index (χ3n) is 5.31. The Hall–Kier alpha value is -2.10. The number of pyridine rings is 1. The molecule has 3 N–H and O–H groups in total. The van der Waals surface area contributed by atoms with Gasteiger partial charge in [-0.1, -0.05) is 44.4 Å². The van der Waals surface area contributed by atoms with Gasteiger partial charge in [-0.05, 0) is 30.4 Å². The number of primary amides is 1. The Kier molecular flexibility index (Phi) is 3.77. The third-order valence-corrected chi connectivity index (χ3v) is 5.31. The van der Waals surface area contributed by atoms with Gasteiger partial charge in [0.2, 0.25) is 5.91 Å². The van der Waals surface area contributed by atoms with Crippen molar-refractivity contribution in [3.05, 3.63) is 46.2 Å². The van der Waals surface area contributed by atoms with Gasteiger partial charge in [-0.2, -0.15) is 0 Å². The molecule has 1 amide bonds. The molecule has 0 radical (unpaired) electrons. The maximum atomic E-state index is 12.5. The Bertz CT molecular complexity index is 757. The van der Waals surface area contributed by atoms with Crippen molar-refractivity contribution in [2.75, 3.05) is 0 Å². The fraction of sp³-hybridized carbons (Fsp3) is 0.444. The number of para-hydroxylation sites is 1. The highest BCUT2D eigenvalue weighted by Crippen LogP contribution is 2.46. The molecule has 1 heterocycles. The minimum atomic E-state index is -0.590. The summed E-state index contributed by atoms with van der Waals surface area (Å²) in [4.78, 5) is 27.6. The lowest BCUT2D eigenvalue weighted by Gasteiger charge is -2.39. The molecule has 1 aliphatic rings. The van der Waals surface area contributed by atoms with Gasteiger partial charge in [-0.3, -0.25) is 9.59 Å². The fourth-order valence-electron chi connectivity index (χ4n) is 3.86. The van der Waals surface area contributed by atoms with Crippen LogP contribution in [0.5, 0.6) is 0 Å². The average molecular weight is 298 g/mol. The molecule has 1 aromatic heterocycles. The molecule has 1 atom stereocenters. The molecule has 22 heavy (non-hydrogen) atoms. The lowest BCUT2D eigenvalue weighted by atomic mass is 9.64. The maximum absolute atomic E-state index is 12.5. The second-order valence-corrected chi connectivity index (χ2v) is 6.44. The summed E-state index contributed by atoms with van der Waals surface area (Å²) in [6.07, 6.45) is 4.68. The Morgan fingerprint density at radius 1 is 1.23 bits per heavy atom. The van der Waals surface area contributed by atoms with Crippen LogP contribution in [0.4, 0.5) is 0 Å². The first-order valence-electron chi connectivity index (χ1n) is 7.96. The van der Waals surface area contributed by atoms with E-state index in [-0.39, 0.29) is 17.4 Å². The number of nitrogens with one attached hydrogen (secondary N) is 1. The first-order valence-corrected chi connectivity index (χ1v) is 7.96. The molecule has 4 heteroatoms. The number of amides is 1. The standard InChI is InChI=1S/C18H22N2O2/c1-12(18(17(19)22)9-5-2-6-10-18)14-11-13-7-3-4-8-15(13)20-16(14)21/h3-4,7-8,11-12H,2,5-6,9-10H2,1H3,(H2,19,22)(H,20,21). The van der Waals surface area contributed by atoms with Crippen LogP contribution in [0.15, 0.2) is 35.1 Å². The van der Waals surface area contributed by atoms with Crippen molar-refractivity contribution >= 4 is 16.8 Å². The van der Waals surface area contributed by atoms with Crippen LogP contribution in [-0.2, 0) is 4.79 Å². The van der Waals surface area contributed by atoms with Crippen molar-refractivity contribution in [3.63, 3.8) is 0 Å². The molecule has 0 saturated heterocycles. The number of hydrogen-bond acceptors (Lipinski definition) is 2. The lowest BCUT2D eigenvalue weighted by molar-refractivity contribution is -0.130. The van der Waals surface area contributed by atoms with Crippen LogP contribution in [0.2, 0.25) is 0 Å². The van der Waals surface area contributed by atoms with E-state index in [1.165, 1.54) is 0 Å². The van der Waals surface area contributed by atoms with E-state index in [4.69, 9.17) is 5.73 Å². The number of benzene rings is 1. The molecular weight excluding hydrogens is 276 g/mol. The van der Waals surface area contributed by atoms with Gasteiger partial charge in [0, 0.05) is 17.0 Å². The van der Waals surface area contributed by atoms with Gasteiger partial charge in [0.25, 0.3) is 5.56 Å². The SMILES string of the molecule is CC(c1cc2ccccc2[nH]c1=O)C1(C(N)=O)CCCCC1. The summed E-state index contributed by atoms with van der Waals surface area (Å²) < 4.78 is 0. The average Bonchev–Trinajstić information content (AvgIpc) is 2.54. The van der Waals surface area contributed by atoms with Crippen LogP contribution in [-0.4, -0.2) is 10.9 Å². The third kappa shape index (κ3) is 2.32. The topological polar surface area (TPSA) is 75.9 Å². The van der Waals surface area contributed by atoms with E-state index in [1.54, 1.807) is 0 Å². The highest BCUT2D eigenvalue weighted by Gasteiger charge is 2.44. The number of nitrogens with two attached hydrogens (primary N) is 1. The molecule has 116 valence electrons. The van der Waals surface area contributed by atoms with E-state index in [0.29, 0.717) is 5.56 Å². The van der Waals surface area contributed by atoms with Gasteiger partial charge < -0.3 is 10.7 Å². The highest BCUT2D eigenvalue weighted by molar-refractivity contribution is 5.83. The molecule has 2 aromatic rings. The Balaban J connectivity index is 2.10. The maximum Gasteiger partial charge on any atom is 0.251 e. The van der Waals surface area contributed by atoms with Crippen LogP contribution in [0.1, 0.15) is 50.5 Å². The van der Waals surface area contributed by atoms with Crippen LogP contribution in [0.25, 0.3) is 10.9 Å². The number of hydrogen-bond donors (Lipinski definition) is 2. The van der Waals surface area contributed by atoms with Crippen molar-refractivity contribution in [2.45, 2.75) is 44.9 Å². The molecule has 3 rings (SSSR count). The number of carbonyl (C=O) groups is 1. The zero-order valence-electron chi connectivity index (χ0n) is 12.9. The molecule has 4 nitrogen and oxygen atoms in total. The number of rotatable bonds is 3. The summed E-state index contributed by atoms with van der Waals surface area (Å²) in [6.45, 7) is 1.97. The van der Waals surface area contributed by atoms with Gasteiger partial charge in [0.05, 0.1) is 5.41 Å². The fourth-order valence-corrected chi connectivity index (χ4v) is 3.86. The largest absolute Gasteiger partial charge is 0.369 e. The monoisotopic (exact) mass is 298 g/mol.